The fourth-order valence-corrected chi connectivity index (χ4v) is 4.55. The van der Waals surface area contributed by atoms with Gasteiger partial charge in [0, 0.05) is 18.0 Å². The molecule has 1 aromatic rings. The van der Waals surface area contributed by atoms with E-state index in [1.807, 2.05) is 0 Å². The van der Waals surface area contributed by atoms with Crippen molar-refractivity contribution in [3.63, 3.8) is 0 Å². The first kappa shape index (κ1) is 24.1. The Kier molecular flexibility index (Phi) is 9.00. The second-order valence-corrected chi connectivity index (χ2v) is 8.74. The van der Waals surface area contributed by atoms with Crippen LogP contribution in [-0.4, -0.2) is 36.5 Å². The van der Waals surface area contributed by atoms with E-state index >= 15 is 0 Å². The molecule has 0 aliphatic heterocycles. The average Bonchev–Trinajstić information content (AvgIpc) is 2.78. The Bertz CT molecular complexity index is 817. The van der Waals surface area contributed by atoms with Crippen molar-refractivity contribution in [3.05, 3.63) is 35.4 Å². The van der Waals surface area contributed by atoms with E-state index in [-0.39, 0.29) is 17.6 Å². The van der Waals surface area contributed by atoms with Crippen molar-refractivity contribution >= 4 is 17.8 Å². The molecule has 0 radical (unpaired) electrons. The molecule has 0 aromatic heterocycles. The molecule has 8 heteroatoms. The van der Waals surface area contributed by atoms with Crippen LogP contribution in [0, 0.1) is 17.6 Å². The molecule has 6 nitrogen and oxygen atoms in total. The molecule has 2 saturated carbocycles. The number of alkyl carbamates (subject to hydrolysis) is 1. The van der Waals surface area contributed by atoms with Crippen molar-refractivity contribution in [2.45, 2.75) is 83.2 Å². The van der Waals surface area contributed by atoms with Gasteiger partial charge in [0.2, 0.25) is 0 Å². The predicted octanol–water partition coefficient (Wildman–Crippen LogP) is 5.12. The second-order valence-electron chi connectivity index (χ2n) is 8.74. The molecule has 2 aliphatic carbocycles. The number of hydrogen-bond acceptors (Lipinski definition) is 4. The van der Waals surface area contributed by atoms with Gasteiger partial charge < -0.3 is 15.4 Å². The standard InChI is InChI=1S/C24H33F2N3O3/c1-2-32-24(31)28-19-11-9-18(10-12-19)27-22(14-16-6-4-3-5-7-16)29-23(30)17-8-13-20(25)21(26)15-17/h8,13,15-16,18-19H,2-7,9-12,14H2,1H3,(H,28,31)(H,27,29,30). The molecule has 2 aliphatic rings. The minimum Gasteiger partial charge on any atom is -0.450 e. The van der Waals surface area contributed by atoms with E-state index in [2.05, 4.69) is 10.6 Å². The fourth-order valence-electron chi connectivity index (χ4n) is 4.55. The molecule has 0 spiro atoms. The molecule has 0 saturated heterocycles. The van der Waals surface area contributed by atoms with E-state index < -0.39 is 23.6 Å². The van der Waals surface area contributed by atoms with Gasteiger partial charge in [0.05, 0.1) is 12.6 Å². The van der Waals surface area contributed by atoms with Crippen LogP contribution in [0.5, 0.6) is 0 Å². The molecule has 0 bridgehead atoms. The van der Waals surface area contributed by atoms with Crippen LogP contribution in [0.2, 0.25) is 0 Å². The van der Waals surface area contributed by atoms with Gasteiger partial charge in [-0.2, -0.15) is 0 Å². The summed E-state index contributed by atoms with van der Waals surface area (Å²) in [5, 5.41) is 5.74. The Balaban J connectivity index is 1.64. The molecule has 176 valence electrons. The topological polar surface area (TPSA) is 79.8 Å². The van der Waals surface area contributed by atoms with E-state index in [4.69, 9.17) is 9.73 Å². The summed E-state index contributed by atoms with van der Waals surface area (Å²) in [4.78, 5) is 29.2. The van der Waals surface area contributed by atoms with Gasteiger partial charge in [0.15, 0.2) is 11.6 Å². The highest BCUT2D eigenvalue weighted by Gasteiger charge is 2.24. The molecule has 2 amide bonds. The predicted molar refractivity (Wildman–Crippen MR) is 119 cm³/mol. The maximum Gasteiger partial charge on any atom is 0.407 e. The van der Waals surface area contributed by atoms with Crippen LogP contribution in [-0.2, 0) is 4.74 Å². The lowest BCUT2D eigenvalue weighted by Gasteiger charge is -2.28. The molecule has 2 fully saturated rings. The molecule has 3 rings (SSSR count). The van der Waals surface area contributed by atoms with Crippen LogP contribution in [0.4, 0.5) is 13.6 Å². The van der Waals surface area contributed by atoms with Crippen molar-refractivity contribution in [1.82, 2.24) is 10.6 Å². The van der Waals surface area contributed by atoms with Gasteiger partial charge in [0.1, 0.15) is 5.84 Å². The Morgan fingerprint density at radius 2 is 1.75 bits per heavy atom. The fraction of sp³-hybridized carbons (Fsp3) is 0.625. The first-order valence-corrected chi connectivity index (χ1v) is 11.7. The average molecular weight is 450 g/mol. The van der Waals surface area contributed by atoms with E-state index in [1.54, 1.807) is 6.92 Å². The van der Waals surface area contributed by atoms with Crippen LogP contribution in [0.3, 0.4) is 0 Å². The summed E-state index contributed by atoms with van der Waals surface area (Å²) >= 11 is 0. The van der Waals surface area contributed by atoms with Gasteiger partial charge in [-0.3, -0.25) is 9.79 Å². The minimum absolute atomic E-state index is 0.0547. The van der Waals surface area contributed by atoms with E-state index in [0.29, 0.717) is 24.8 Å². The van der Waals surface area contributed by atoms with Gasteiger partial charge in [-0.05, 0) is 56.7 Å². The Morgan fingerprint density at radius 3 is 2.41 bits per heavy atom. The Hall–Kier alpha value is -2.51. The van der Waals surface area contributed by atoms with Crippen molar-refractivity contribution in [2.24, 2.45) is 10.9 Å². The number of halogens is 2. The number of hydrogen-bond donors (Lipinski definition) is 2. The maximum atomic E-state index is 13.6. The highest BCUT2D eigenvalue weighted by Crippen LogP contribution is 2.28. The van der Waals surface area contributed by atoms with Crippen molar-refractivity contribution < 1.29 is 23.1 Å². The summed E-state index contributed by atoms with van der Waals surface area (Å²) in [6.07, 6.45) is 9.28. The number of carbonyl (C=O) groups excluding carboxylic acids is 2. The zero-order valence-electron chi connectivity index (χ0n) is 18.7. The normalized spacial score (nSPS) is 22.3. The third kappa shape index (κ3) is 7.28. The van der Waals surface area contributed by atoms with Crippen LogP contribution >= 0.6 is 0 Å². The second kappa shape index (κ2) is 11.9. The summed E-state index contributed by atoms with van der Waals surface area (Å²) in [6.45, 7) is 2.11. The zero-order valence-corrected chi connectivity index (χ0v) is 18.7. The van der Waals surface area contributed by atoms with E-state index in [1.165, 1.54) is 25.3 Å². The Labute approximate surface area is 188 Å². The maximum absolute atomic E-state index is 13.6. The molecule has 0 heterocycles. The highest BCUT2D eigenvalue weighted by atomic mass is 19.2. The van der Waals surface area contributed by atoms with Crippen molar-refractivity contribution in [1.29, 1.82) is 0 Å². The van der Waals surface area contributed by atoms with Crippen molar-refractivity contribution in [3.8, 4) is 0 Å². The van der Waals surface area contributed by atoms with Crippen LogP contribution < -0.4 is 10.6 Å². The molecule has 0 atom stereocenters. The number of nitrogens with zero attached hydrogens (tertiary/aromatic N) is 1. The lowest BCUT2D eigenvalue weighted by molar-refractivity contribution is 0.0974. The number of carbonyl (C=O) groups is 2. The molecular formula is C24H33F2N3O3. The number of ether oxygens (including phenoxy) is 1. The van der Waals surface area contributed by atoms with Crippen LogP contribution in [0.15, 0.2) is 23.2 Å². The minimum atomic E-state index is -1.05. The molecule has 1 aromatic carbocycles. The number of aliphatic imine (C=N–C) groups is 1. The van der Waals surface area contributed by atoms with E-state index in [9.17, 15) is 18.4 Å². The van der Waals surface area contributed by atoms with Crippen LogP contribution in [0.1, 0.15) is 81.5 Å². The molecular weight excluding hydrogens is 416 g/mol. The zero-order chi connectivity index (χ0) is 22.9. The van der Waals surface area contributed by atoms with Gasteiger partial charge >= 0.3 is 6.09 Å². The molecule has 2 N–H and O–H groups in total. The summed E-state index contributed by atoms with van der Waals surface area (Å²) in [5.74, 6) is -1.42. The largest absolute Gasteiger partial charge is 0.450 e. The first-order valence-electron chi connectivity index (χ1n) is 11.7. The van der Waals surface area contributed by atoms with Crippen LogP contribution in [0.25, 0.3) is 0 Å². The number of amidine groups is 1. The summed E-state index contributed by atoms with van der Waals surface area (Å²) in [5.41, 5.74) is 0.0718. The number of benzene rings is 1. The number of rotatable bonds is 6. The lowest BCUT2D eigenvalue weighted by Crippen LogP contribution is -2.39. The first-order chi connectivity index (χ1) is 15.4. The van der Waals surface area contributed by atoms with Gasteiger partial charge in [-0.15, -0.1) is 0 Å². The lowest BCUT2D eigenvalue weighted by atomic mass is 9.86. The molecule has 0 unspecified atom stereocenters. The summed E-state index contributed by atoms with van der Waals surface area (Å²) < 4.78 is 31.8. The Morgan fingerprint density at radius 1 is 1.03 bits per heavy atom. The monoisotopic (exact) mass is 449 g/mol. The third-order valence-electron chi connectivity index (χ3n) is 6.28. The third-order valence-corrected chi connectivity index (χ3v) is 6.28. The van der Waals surface area contributed by atoms with Gasteiger partial charge in [-0.25, -0.2) is 13.6 Å². The highest BCUT2D eigenvalue weighted by molar-refractivity contribution is 6.06. The molecule has 32 heavy (non-hydrogen) atoms. The number of amides is 2. The summed E-state index contributed by atoms with van der Waals surface area (Å²) in [7, 11) is 0. The van der Waals surface area contributed by atoms with Gasteiger partial charge in [-0.1, -0.05) is 32.1 Å². The quantitative estimate of drug-likeness (QED) is 0.467. The smallest absolute Gasteiger partial charge is 0.407 e. The summed E-state index contributed by atoms with van der Waals surface area (Å²) in [6, 6.07) is 3.27. The van der Waals surface area contributed by atoms with Gasteiger partial charge in [0.25, 0.3) is 5.91 Å². The van der Waals surface area contributed by atoms with Crippen molar-refractivity contribution in [2.75, 3.05) is 6.61 Å². The van der Waals surface area contributed by atoms with E-state index in [0.717, 1.165) is 50.7 Å². The number of nitrogens with one attached hydrogen (secondary N) is 2. The SMILES string of the molecule is CCOC(=O)NC1CCC(N=C(CC2CCCCC2)NC(=O)c2ccc(F)c(F)c2)CC1.